The molecule has 0 saturated heterocycles. The van der Waals surface area contributed by atoms with E-state index in [0.29, 0.717) is 11.6 Å². The number of rotatable bonds is 8. The molecule has 0 unspecified atom stereocenters. The molecule has 0 spiro atoms. The topological polar surface area (TPSA) is 56.5 Å². The highest BCUT2D eigenvalue weighted by atomic mass is 15.0. The van der Waals surface area contributed by atoms with E-state index in [2.05, 4.69) is 265 Å². The third kappa shape index (κ3) is 7.71. The summed E-state index contributed by atoms with van der Waals surface area (Å²) in [6.07, 6.45) is 0. The Morgan fingerprint density at radius 1 is 0.221 bits per heavy atom. The molecule has 5 nitrogen and oxygen atoms in total. The molecule has 0 amide bonds. The number of fused-ring (bicyclic) bond motifs is 7. The van der Waals surface area contributed by atoms with E-state index in [1.165, 1.54) is 21.8 Å². The van der Waals surface area contributed by atoms with E-state index in [0.717, 1.165) is 116 Å². The van der Waals surface area contributed by atoms with Crippen molar-refractivity contribution in [1.82, 2.24) is 24.5 Å². The van der Waals surface area contributed by atoms with Crippen LogP contribution in [-0.4, -0.2) is 24.5 Å². The molecular formula is C72H45N5. The molecule has 77 heavy (non-hydrogen) atoms. The lowest BCUT2D eigenvalue weighted by Crippen LogP contribution is -1.99. The van der Waals surface area contributed by atoms with Gasteiger partial charge in [-0.1, -0.05) is 206 Å². The van der Waals surface area contributed by atoms with Gasteiger partial charge in [0.25, 0.3) is 0 Å². The van der Waals surface area contributed by atoms with Crippen molar-refractivity contribution in [1.29, 1.82) is 0 Å². The lowest BCUT2D eigenvalue weighted by Gasteiger charge is -2.16. The number of hydrogen-bond donors (Lipinski definition) is 0. The van der Waals surface area contributed by atoms with E-state index in [4.69, 9.17) is 19.9 Å². The second-order valence-electron chi connectivity index (χ2n) is 19.8. The third-order valence-corrected chi connectivity index (χ3v) is 15.1. The highest BCUT2D eigenvalue weighted by molar-refractivity contribution is 6.13. The molecule has 0 radical (unpaired) electrons. The van der Waals surface area contributed by atoms with E-state index in [1.54, 1.807) is 0 Å². The van der Waals surface area contributed by atoms with Gasteiger partial charge in [-0.05, 0) is 121 Å². The van der Waals surface area contributed by atoms with Gasteiger partial charge < -0.3 is 4.57 Å². The van der Waals surface area contributed by atoms with Gasteiger partial charge >= 0.3 is 0 Å². The van der Waals surface area contributed by atoms with Gasteiger partial charge in [-0.15, -0.1) is 0 Å². The van der Waals surface area contributed by atoms with Crippen molar-refractivity contribution >= 4 is 64.9 Å². The fraction of sp³-hybridized carbons (Fsp3) is 0. The molecule has 0 bridgehead atoms. The highest BCUT2D eigenvalue weighted by Crippen LogP contribution is 2.42. The zero-order chi connectivity index (χ0) is 50.8. The molecule has 0 saturated carbocycles. The maximum Gasteiger partial charge on any atom is 0.161 e. The highest BCUT2D eigenvalue weighted by Gasteiger charge is 2.21. The molecule has 0 fully saturated rings. The standard InChI is InChI=1S/C72H45N5/c1-3-19-47(20-4-1)63-44-65(75-71(73-63)69-57-27-11-7-23-49(57)39-50-24-8-12-28-58(50)69)54-41-53(46-35-37-56(38-36-46)77-67-33-17-15-31-61(67)62-32-16-18-34-68(62)77)42-55(43-54)66-45-64(48-21-5-2-6-22-48)74-72(76-66)70-59-29-13-9-25-51(59)40-52-26-10-14-30-60(52)70/h1-45H. The molecule has 0 N–H and O–H groups in total. The van der Waals surface area contributed by atoms with Gasteiger partial charge in [-0.2, -0.15) is 0 Å². The van der Waals surface area contributed by atoms with Crippen LogP contribution >= 0.6 is 0 Å². The number of nitrogens with zero attached hydrogens (tertiary/aromatic N) is 5. The van der Waals surface area contributed by atoms with Gasteiger partial charge in [-0.25, -0.2) is 19.9 Å². The van der Waals surface area contributed by atoms with Crippen LogP contribution in [0.3, 0.4) is 0 Å². The van der Waals surface area contributed by atoms with Crippen LogP contribution in [0.5, 0.6) is 0 Å². The zero-order valence-electron chi connectivity index (χ0n) is 41.7. The third-order valence-electron chi connectivity index (χ3n) is 15.1. The first-order valence-corrected chi connectivity index (χ1v) is 26.1. The molecule has 0 aliphatic heterocycles. The van der Waals surface area contributed by atoms with Gasteiger partial charge in [0.1, 0.15) is 0 Å². The first kappa shape index (κ1) is 44.2. The summed E-state index contributed by atoms with van der Waals surface area (Å²) in [5.74, 6) is 1.32. The van der Waals surface area contributed by atoms with Crippen LogP contribution in [-0.2, 0) is 0 Å². The Morgan fingerprint density at radius 2 is 0.545 bits per heavy atom. The van der Waals surface area contributed by atoms with Crippen molar-refractivity contribution < 1.29 is 0 Å². The van der Waals surface area contributed by atoms with Crippen LogP contribution in [0.2, 0.25) is 0 Å². The van der Waals surface area contributed by atoms with Crippen LogP contribution in [0.25, 0.3) is 150 Å². The molecule has 3 aromatic heterocycles. The predicted octanol–water partition coefficient (Wildman–Crippen LogP) is 18.6. The van der Waals surface area contributed by atoms with E-state index in [9.17, 15) is 0 Å². The predicted molar refractivity (Wildman–Crippen MR) is 320 cm³/mol. The van der Waals surface area contributed by atoms with Gasteiger partial charge in [0, 0.05) is 49.8 Å². The van der Waals surface area contributed by atoms with Gasteiger partial charge in [0.05, 0.1) is 33.8 Å². The minimum absolute atomic E-state index is 0.662. The van der Waals surface area contributed by atoms with Crippen molar-refractivity contribution in [3.63, 3.8) is 0 Å². The summed E-state index contributed by atoms with van der Waals surface area (Å²) >= 11 is 0. The Labute approximate surface area is 444 Å². The molecule has 0 atom stereocenters. The first-order valence-electron chi connectivity index (χ1n) is 26.1. The monoisotopic (exact) mass is 979 g/mol. The summed E-state index contributed by atoms with van der Waals surface area (Å²) in [5, 5.41) is 11.4. The van der Waals surface area contributed by atoms with Gasteiger partial charge in [-0.3, -0.25) is 0 Å². The Bertz CT molecular complexity index is 4410. The maximum atomic E-state index is 5.63. The van der Waals surface area contributed by atoms with Crippen molar-refractivity contribution in [3.05, 3.63) is 273 Å². The molecule has 0 aliphatic rings. The Hall–Kier alpha value is -10.4. The van der Waals surface area contributed by atoms with Gasteiger partial charge in [0.15, 0.2) is 11.6 Å². The molecule has 12 aromatic carbocycles. The number of hydrogen-bond acceptors (Lipinski definition) is 4. The minimum atomic E-state index is 0.662. The average molecular weight is 980 g/mol. The number of aromatic nitrogens is 5. The summed E-state index contributed by atoms with van der Waals surface area (Å²) in [6, 6.07) is 97.1. The molecule has 15 aromatic rings. The smallest absolute Gasteiger partial charge is 0.161 e. The summed E-state index contributed by atoms with van der Waals surface area (Å²) in [7, 11) is 0. The van der Waals surface area contributed by atoms with E-state index in [-0.39, 0.29) is 0 Å². The molecule has 15 rings (SSSR count). The largest absolute Gasteiger partial charge is 0.309 e. The Kier molecular flexibility index (Phi) is 10.5. The lowest BCUT2D eigenvalue weighted by molar-refractivity contribution is 1.18. The zero-order valence-corrected chi connectivity index (χ0v) is 41.7. The fourth-order valence-corrected chi connectivity index (χ4v) is 11.5. The molecule has 358 valence electrons. The Morgan fingerprint density at radius 3 is 0.948 bits per heavy atom. The van der Waals surface area contributed by atoms with Crippen molar-refractivity contribution in [3.8, 4) is 84.6 Å². The van der Waals surface area contributed by atoms with E-state index < -0.39 is 0 Å². The van der Waals surface area contributed by atoms with Crippen LogP contribution < -0.4 is 0 Å². The van der Waals surface area contributed by atoms with Crippen molar-refractivity contribution in [2.45, 2.75) is 0 Å². The maximum absolute atomic E-state index is 5.63. The normalized spacial score (nSPS) is 11.6. The molecule has 0 aliphatic carbocycles. The molecular weight excluding hydrogens is 935 g/mol. The lowest BCUT2D eigenvalue weighted by atomic mass is 9.94. The SMILES string of the molecule is c1ccc(-c2cc(-c3cc(-c4ccc(-n5c6ccccc6c6ccccc65)cc4)cc(-c4cc(-c5ccccc5)nc(-c5c6ccccc6cc6ccccc56)n4)c3)nc(-c3c4ccccc4cc4ccccc34)n2)cc1. The van der Waals surface area contributed by atoms with Crippen LogP contribution in [0, 0.1) is 0 Å². The van der Waals surface area contributed by atoms with E-state index in [1.807, 2.05) is 12.1 Å². The van der Waals surface area contributed by atoms with Crippen LogP contribution in [0.15, 0.2) is 273 Å². The second kappa shape index (κ2) is 18.2. The summed E-state index contributed by atoms with van der Waals surface area (Å²) in [6.45, 7) is 0. The minimum Gasteiger partial charge on any atom is -0.309 e. The average Bonchev–Trinajstić information content (AvgIpc) is 3.86. The number of benzene rings is 12. The molecule has 3 heterocycles. The van der Waals surface area contributed by atoms with Crippen LogP contribution in [0.1, 0.15) is 0 Å². The molecule has 5 heteroatoms. The second-order valence-corrected chi connectivity index (χ2v) is 19.8. The Balaban J connectivity index is 0.991. The number of para-hydroxylation sites is 2. The van der Waals surface area contributed by atoms with Crippen molar-refractivity contribution in [2.24, 2.45) is 0 Å². The summed E-state index contributed by atoms with van der Waals surface area (Å²) in [5.41, 5.74) is 14.7. The quantitative estimate of drug-likeness (QED) is 0.142. The van der Waals surface area contributed by atoms with E-state index >= 15 is 0 Å². The van der Waals surface area contributed by atoms with Crippen molar-refractivity contribution in [2.75, 3.05) is 0 Å². The fourth-order valence-electron chi connectivity index (χ4n) is 11.5. The summed E-state index contributed by atoms with van der Waals surface area (Å²) in [4.78, 5) is 22.1. The summed E-state index contributed by atoms with van der Waals surface area (Å²) < 4.78 is 2.37. The van der Waals surface area contributed by atoms with Gasteiger partial charge in [0.2, 0.25) is 0 Å². The first-order chi connectivity index (χ1) is 38.1. The van der Waals surface area contributed by atoms with Crippen LogP contribution in [0.4, 0.5) is 0 Å².